The number of sulfone groups is 1. The molecule has 0 bridgehead atoms. The van der Waals surface area contributed by atoms with E-state index in [-0.39, 0.29) is 31.6 Å². The maximum atomic E-state index is 13.5. The number of nitrogens with one attached hydrogen (secondary N) is 1. The fourth-order valence-corrected chi connectivity index (χ4v) is 7.07. The van der Waals surface area contributed by atoms with Gasteiger partial charge in [-0.3, -0.25) is 5.41 Å². The molecule has 0 aliphatic rings. The molecule has 1 heterocycles. The van der Waals surface area contributed by atoms with Crippen LogP contribution >= 0.6 is 23.1 Å². The number of thiophene rings is 1. The highest BCUT2D eigenvalue weighted by atomic mass is 32.2. The van der Waals surface area contributed by atoms with Crippen molar-refractivity contribution in [2.24, 2.45) is 5.73 Å². The number of esters is 1. The number of hydrogen-bond donors (Lipinski definition) is 2. The van der Waals surface area contributed by atoms with Gasteiger partial charge in [-0.25, -0.2) is 13.2 Å². The van der Waals surface area contributed by atoms with Crippen molar-refractivity contribution in [2.75, 3.05) is 6.26 Å². The Labute approximate surface area is 214 Å². The molecule has 3 aromatic rings. The number of benzene rings is 2. The van der Waals surface area contributed by atoms with Crippen molar-refractivity contribution in [1.29, 1.82) is 5.41 Å². The van der Waals surface area contributed by atoms with Gasteiger partial charge in [-0.1, -0.05) is 30.3 Å². The monoisotopic (exact) mass is 582 g/mol. The largest absolute Gasteiger partial charge is 0.490 e. The summed E-state index contributed by atoms with van der Waals surface area (Å²) in [5.41, 5.74) is 4.86. The molecule has 0 spiro atoms. The highest BCUT2D eigenvalue weighted by Crippen LogP contribution is 2.40. The van der Waals surface area contributed by atoms with Gasteiger partial charge in [0.1, 0.15) is 5.84 Å². The number of ether oxygens (including phenoxy) is 1. The van der Waals surface area contributed by atoms with Crippen LogP contribution in [0.2, 0.25) is 0 Å². The first-order chi connectivity index (χ1) is 17.1. The van der Waals surface area contributed by atoms with E-state index in [1.165, 1.54) is 36.4 Å². The van der Waals surface area contributed by atoms with Crippen molar-refractivity contribution < 1.29 is 44.3 Å². The van der Waals surface area contributed by atoms with Crippen LogP contribution in [-0.4, -0.2) is 38.8 Å². The number of halogens is 6. The molecular weight excluding hydrogens is 566 g/mol. The second kappa shape index (κ2) is 10.4. The van der Waals surface area contributed by atoms with Crippen LogP contribution in [0.25, 0.3) is 11.1 Å². The third-order valence-corrected chi connectivity index (χ3v) is 9.16. The number of rotatable bonds is 7. The summed E-state index contributed by atoms with van der Waals surface area (Å²) in [4.78, 5) is 11.0. The number of nitrogens with two attached hydrogens (primary N) is 1. The number of hydrogen-bond acceptors (Lipinski definition) is 7. The minimum absolute atomic E-state index is 0.0340. The number of thioether (sulfide) groups is 1. The second-order valence-corrected chi connectivity index (χ2v) is 11.4. The average molecular weight is 583 g/mol. The lowest BCUT2D eigenvalue weighted by Gasteiger charge is -2.22. The van der Waals surface area contributed by atoms with Crippen LogP contribution in [0.5, 0.6) is 0 Å². The molecule has 3 rings (SSSR count). The van der Waals surface area contributed by atoms with E-state index in [2.05, 4.69) is 4.74 Å². The van der Waals surface area contributed by atoms with Crippen molar-refractivity contribution in [3.05, 3.63) is 65.0 Å². The van der Waals surface area contributed by atoms with E-state index in [0.29, 0.717) is 4.21 Å². The average Bonchev–Trinajstić information content (AvgIpc) is 3.27. The highest BCUT2D eigenvalue weighted by molar-refractivity contribution is 8.01. The van der Waals surface area contributed by atoms with Gasteiger partial charge < -0.3 is 10.5 Å². The maximum Gasteiger partial charge on any atom is 0.490 e. The van der Waals surface area contributed by atoms with Crippen LogP contribution in [0.4, 0.5) is 26.3 Å². The molecule has 1 aromatic heterocycles. The van der Waals surface area contributed by atoms with E-state index < -0.39 is 39.8 Å². The topological polar surface area (TPSA) is 110 Å². The van der Waals surface area contributed by atoms with Gasteiger partial charge in [-0.15, -0.1) is 23.1 Å². The molecule has 198 valence electrons. The number of alkyl halides is 6. The molecule has 0 saturated heterocycles. The predicted molar refractivity (Wildman–Crippen MR) is 125 cm³/mol. The maximum absolute atomic E-state index is 13.5. The van der Waals surface area contributed by atoms with Crippen LogP contribution < -0.4 is 5.73 Å². The second-order valence-electron chi connectivity index (χ2n) is 7.36. The summed E-state index contributed by atoms with van der Waals surface area (Å²) in [6, 6.07) is 10.6. The molecule has 0 fully saturated rings. The molecule has 15 heteroatoms. The summed E-state index contributed by atoms with van der Waals surface area (Å²) >= 11 is 2.14. The standard InChI is InChI=1S/C22H16F6N2O4S3/c1-35-19-16(10-15(36-19)18(29)30)37(32,33)14-7-3-5-12(9-14)11-4-2-6-13(8-11)17(21(23,24)25)34-20(31)22(26,27)28/h2-10,17H,1H3,(H3,29,30). The van der Waals surface area contributed by atoms with Gasteiger partial charge in [0.25, 0.3) is 0 Å². The van der Waals surface area contributed by atoms with E-state index in [4.69, 9.17) is 11.1 Å². The number of carbonyl (C=O) groups excluding carboxylic acids is 1. The molecule has 37 heavy (non-hydrogen) atoms. The lowest BCUT2D eigenvalue weighted by molar-refractivity contribution is -0.247. The lowest BCUT2D eigenvalue weighted by Crippen LogP contribution is -2.33. The summed E-state index contributed by atoms with van der Waals surface area (Å²) in [7, 11) is -4.14. The number of nitrogen functional groups attached to an aromatic ring is 1. The van der Waals surface area contributed by atoms with Crippen LogP contribution in [0, 0.1) is 5.41 Å². The fourth-order valence-electron chi connectivity index (χ4n) is 3.17. The molecule has 0 aliphatic heterocycles. The van der Waals surface area contributed by atoms with Crippen molar-refractivity contribution in [3.63, 3.8) is 0 Å². The van der Waals surface area contributed by atoms with Crippen LogP contribution in [0.1, 0.15) is 16.5 Å². The smallest absolute Gasteiger partial charge is 0.441 e. The summed E-state index contributed by atoms with van der Waals surface area (Å²) in [6.07, 6.45) is -12.6. The van der Waals surface area contributed by atoms with Gasteiger partial charge in [0.15, 0.2) is 0 Å². The minimum atomic E-state index is -5.64. The van der Waals surface area contributed by atoms with E-state index in [0.717, 1.165) is 41.3 Å². The van der Waals surface area contributed by atoms with Gasteiger partial charge in [0.05, 0.1) is 18.9 Å². The molecular formula is C22H16F6N2O4S3. The Balaban J connectivity index is 2.05. The molecule has 0 amide bonds. The van der Waals surface area contributed by atoms with Crippen molar-refractivity contribution >= 4 is 44.7 Å². The third kappa shape index (κ3) is 6.27. The van der Waals surface area contributed by atoms with Crippen molar-refractivity contribution in [2.45, 2.75) is 32.5 Å². The zero-order chi connectivity index (χ0) is 27.8. The normalized spacial score (nSPS) is 13.3. The predicted octanol–water partition coefficient (Wildman–Crippen LogP) is 5.96. The molecule has 3 N–H and O–H groups in total. The number of amidine groups is 1. The number of carbonyl (C=O) groups is 1. The molecule has 2 aromatic carbocycles. The minimum Gasteiger partial charge on any atom is -0.441 e. The SMILES string of the molecule is CSc1sc(C(=N)N)cc1S(=O)(=O)c1cccc(-c2cccc(C(OC(=O)C(F)(F)F)C(F)(F)F)c2)c1. The summed E-state index contributed by atoms with van der Waals surface area (Å²) in [5.74, 6) is -3.32. The van der Waals surface area contributed by atoms with Gasteiger partial charge in [-0.05, 0) is 41.6 Å². The zero-order valence-corrected chi connectivity index (χ0v) is 20.9. The Morgan fingerprint density at radius 2 is 1.62 bits per heavy atom. The van der Waals surface area contributed by atoms with E-state index in [1.807, 2.05) is 0 Å². The Hall–Kier alpha value is -3.04. The van der Waals surface area contributed by atoms with E-state index >= 15 is 0 Å². The zero-order valence-electron chi connectivity index (χ0n) is 18.5. The lowest BCUT2D eigenvalue weighted by atomic mass is 10.0. The molecule has 6 nitrogen and oxygen atoms in total. The van der Waals surface area contributed by atoms with E-state index in [9.17, 15) is 39.6 Å². The summed E-state index contributed by atoms with van der Waals surface area (Å²) in [5, 5.41) is 7.56. The van der Waals surface area contributed by atoms with Crippen LogP contribution in [0.3, 0.4) is 0 Å². The first-order valence-electron chi connectivity index (χ1n) is 9.88. The van der Waals surface area contributed by atoms with Gasteiger partial charge in [0.2, 0.25) is 15.9 Å². The van der Waals surface area contributed by atoms with Gasteiger partial charge >= 0.3 is 18.3 Å². The first-order valence-corrected chi connectivity index (χ1v) is 13.4. The Morgan fingerprint density at radius 3 is 2.16 bits per heavy atom. The van der Waals surface area contributed by atoms with Gasteiger partial charge in [-0.2, -0.15) is 26.3 Å². The molecule has 1 atom stereocenters. The Morgan fingerprint density at radius 1 is 1.03 bits per heavy atom. The van der Waals surface area contributed by atoms with Crippen LogP contribution in [0.15, 0.2) is 68.6 Å². The third-order valence-electron chi connectivity index (χ3n) is 4.83. The fraction of sp³-hybridized carbons (Fsp3) is 0.182. The van der Waals surface area contributed by atoms with Crippen LogP contribution in [-0.2, 0) is 19.4 Å². The summed E-state index contributed by atoms with van der Waals surface area (Å²) in [6.45, 7) is 0. The Bertz CT molecular complexity index is 1450. The molecule has 0 radical (unpaired) electrons. The quantitative estimate of drug-likeness (QED) is 0.117. The van der Waals surface area contributed by atoms with Gasteiger partial charge in [0, 0.05) is 5.56 Å². The molecule has 1 unspecified atom stereocenters. The van der Waals surface area contributed by atoms with Crippen molar-refractivity contribution in [3.8, 4) is 11.1 Å². The molecule has 0 saturated carbocycles. The molecule has 0 aliphatic carbocycles. The summed E-state index contributed by atoms with van der Waals surface area (Å²) < 4.78 is 109. The van der Waals surface area contributed by atoms with Crippen molar-refractivity contribution in [1.82, 2.24) is 0 Å². The highest BCUT2D eigenvalue weighted by Gasteiger charge is 2.50. The Kier molecular flexibility index (Phi) is 8.00. The first kappa shape index (κ1) is 28.5. The van der Waals surface area contributed by atoms with E-state index in [1.54, 1.807) is 6.26 Å².